The van der Waals surface area contributed by atoms with Crippen LogP contribution >= 0.6 is 11.3 Å². The quantitative estimate of drug-likeness (QED) is 0.647. The van der Waals surface area contributed by atoms with E-state index in [1.54, 1.807) is 11.3 Å². The molecule has 5 rings (SSSR count). The maximum Gasteiger partial charge on any atom is 0.270 e. The van der Waals surface area contributed by atoms with Crippen molar-refractivity contribution in [1.29, 1.82) is 0 Å². The number of fused-ring (bicyclic) bond motifs is 2. The highest BCUT2D eigenvalue weighted by Crippen LogP contribution is 2.33. The first kappa shape index (κ1) is 16.8. The van der Waals surface area contributed by atoms with Crippen LogP contribution in [0.4, 0.5) is 5.13 Å². The molecule has 3 aromatic rings. The van der Waals surface area contributed by atoms with Crippen molar-refractivity contribution in [3.63, 3.8) is 0 Å². The summed E-state index contributed by atoms with van der Waals surface area (Å²) in [5.74, 6) is 0.0311. The van der Waals surface area contributed by atoms with E-state index in [0.29, 0.717) is 25.3 Å². The number of benzene rings is 1. The Hall–Kier alpha value is -2.38. The van der Waals surface area contributed by atoms with E-state index >= 15 is 0 Å². The van der Waals surface area contributed by atoms with Gasteiger partial charge < -0.3 is 20.3 Å². The lowest BCUT2D eigenvalue weighted by atomic mass is 9.80. The van der Waals surface area contributed by atoms with Crippen molar-refractivity contribution in [2.75, 3.05) is 18.4 Å². The van der Waals surface area contributed by atoms with Gasteiger partial charge in [0.2, 0.25) is 0 Å². The van der Waals surface area contributed by atoms with E-state index in [4.69, 9.17) is 0 Å². The molecular formula is C20H22N4O2S. The van der Waals surface area contributed by atoms with Crippen LogP contribution in [0, 0.1) is 0 Å². The van der Waals surface area contributed by atoms with Crippen LogP contribution in [-0.2, 0) is 13.0 Å². The molecule has 2 aliphatic rings. The van der Waals surface area contributed by atoms with Crippen molar-refractivity contribution >= 4 is 33.3 Å². The second-order valence-electron chi connectivity index (χ2n) is 7.57. The fourth-order valence-electron chi connectivity index (χ4n) is 3.81. The molecule has 1 saturated carbocycles. The topological polar surface area (TPSA) is 81.2 Å². The van der Waals surface area contributed by atoms with Gasteiger partial charge in [-0.05, 0) is 31.4 Å². The molecule has 1 aliphatic heterocycles. The van der Waals surface area contributed by atoms with E-state index in [2.05, 4.69) is 15.3 Å². The second-order valence-corrected chi connectivity index (χ2v) is 8.65. The molecule has 27 heavy (non-hydrogen) atoms. The third-order valence-corrected chi connectivity index (χ3v) is 6.67. The number of hydrogen-bond donors (Lipinski definition) is 3. The number of carbonyl (C=O) groups is 1. The predicted molar refractivity (Wildman–Crippen MR) is 106 cm³/mol. The summed E-state index contributed by atoms with van der Waals surface area (Å²) < 4.78 is 0. The molecule has 0 spiro atoms. The third kappa shape index (κ3) is 3.11. The number of nitrogens with one attached hydrogen (secondary N) is 2. The van der Waals surface area contributed by atoms with E-state index < -0.39 is 5.60 Å². The number of aliphatic hydroxyl groups is 1. The van der Waals surface area contributed by atoms with Crippen LogP contribution in [0.2, 0.25) is 0 Å². The minimum absolute atomic E-state index is 0.0311. The fraction of sp³-hybridized carbons (Fsp3) is 0.400. The molecular weight excluding hydrogens is 360 g/mol. The average Bonchev–Trinajstić information content (AvgIpc) is 3.27. The maximum absolute atomic E-state index is 12.9. The zero-order valence-corrected chi connectivity index (χ0v) is 15.8. The van der Waals surface area contributed by atoms with Gasteiger partial charge in [0, 0.05) is 35.3 Å². The van der Waals surface area contributed by atoms with E-state index in [9.17, 15) is 9.90 Å². The number of nitrogens with zero attached hydrogens (tertiary/aromatic N) is 2. The molecule has 1 fully saturated rings. The molecule has 6 nitrogen and oxygen atoms in total. The zero-order chi connectivity index (χ0) is 18.4. The number of aromatic nitrogens is 2. The number of carbonyl (C=O) groups excluding carboxylic acids is 1. The van der Waals surface area contributed by atoms with Crippen molar-refractivity contribution in [1.82, 2.24) is 14.9 Å². The lowest BCUT2D eigenvalue weighted by Gasteiger charge is -2.36. The van der Waals surface area contributed by atoms with Gasteiger partial charge in [-0.15, -0.1) is 0 Å². The van der Waals surface area contributed by atoms with Crippen LogP contribution in [0.15, 0.2) is 30.3 Å². The zero-order valence-electron chi connectivity index (χ0n) is 15.0. The summed E-state index contributed by atoms with van der Waals surface area (Å²) in [6, 6.07) is 9.85. The lowest BCUT2D eigenvalue weighted by Crippen LogP contribution is -2.43. The largest absolute Gasteiger partial charge is 0.388 e. The number of amides is 1. The Balaban J connectivity index is 1.29. The van der Waals surface area contributed by atoms with E-state index in [1.807, 2.05) is 35.2 Å². The summed E-state index contributed by atoms with van der Waals surface area (Å²) in [5.41, 5.74) is 2.12. The average molecular weight is 382 g/mol. The first-order valence-electron chi connectivity index (χ1n) is 9.42. The SMILES string of the molecule is O=C(c1cc2ccccc2[nH]1)N1CCc2nc(NCC3(O)CCC3)sc2C1. The third-order valence-electron chi connectivity index (χ3n) is 5.63. The van der Waals surface area contributed by atoms with Gasteiger partial charge in [-0.25, -0.2) is 4.98 Å². The van der Waals surface area contributed by atoms with Gasteiger partial charge in [-0.3, -0.25) is 4.79 Å². The molecule has 140 valence electrons. The Morgan fingerprint density at radius 2 is 2.22 bits per heavy atom. The maximum atomic E-state index is 12.9. The number of H-pyrrole nitrogens is 1. The van der Waals surface area contributed by atoms with Crippen LogP contribution in [-0.4, -0.2) is 44.6 Å². The standard InChI is InChI=1S/C20H22N4O2S/c25-18(16-10-13-4-1-2-5-14(13)22-16)24-9-6-15-17(11-24)27-19(23-15)21-12-20(26)7-3-8-20/h1-2,4-5,10,22,26H,3,6-9,11-12H2,(H,21,23). The molecule has 3 heterocycles. The van der Waals surface area contributed by atoms with Crippen molar-refractivity contribution < 1.29 is 9.90 Å². The Kier molecular flexibility index (Phi) is 3.94. The molecule has 1 amide bonds. The minimum Gasteiger partial charge on any atom is -0.388 e. The fourth-order valence-corrected chi connectivity index (χ4v) is 4.82. The minimum atomic E-state index is -0.566. The molecule has 7 heteroatoms. The highest BCUT2D eigenvalue weighted by Gasteiger charge is 2.34. The lowest BCUT2D eigenvalue weighted by molar-refractivity contribution is -0.0202. The van der Waals surface area contributed by atoms with Crippen molar-refractivity contribution in [2.45, 2.75) is 37.8 Å². The summed E-state index contributed by atoms with van der Waals surface area (Å²) in [6.07, 6.45) is 3.58. The normalized spacial score (nSPS) is 18.2. The van der Waals surface area contributed by atoms with E-state index in [0.717, 1.165) is 52.3 Å². The van der Waals surface area contributed by atoms with Gasteiger partial charge >= 0.3 is 0 Å². The number of para-hydroxylation sites is 1. The Morgan fingerprint density at radius 1 is 1.37 bits per heavy atom. The second kappa shape index (κ2) is 6.35. The molecule has 1 aliphatic carbocycles. The first-order valence-corrected chi connectivity index (χ1v) is 10.2. The summed E-state index contributed by atoms with van der Waals surface area (Å²) >= 11 is 1.59. The highest BCUT2D eigenvalue weighted by molar-refractivity contribution is 7.15. The summed E-state index contributed by atoms with van der Waals surface area (Å²) in [5, 5.41) is 15.4. The van der Waals surface area contributed by atoms with Crippen LogP contribution in [0.5, 0.6) is 0 Å². The smallest absolute Gasteiger partial charge is 0.270 e. The van der Waals surface area contributed by atoms with Gasteiger partial charge in [-0.2, -0.15) is 0 Å². The summed E-state index contributed by atoms with van der Waals surface area (Å²) in [7, 11) is 0. The molecule has 0 radical (unpaired) electrons. The Labute approximate surface area is 161 Å². The molecule has 3 N–H and O–H groups in total. The van der Waals surface area contributed by atoms with Crippen molar-refractivity contribution in [2.24, 2.45) is 0 Å². The van der Waals surface area contributed by atoms with Crippen molar-refractivity contribution in [3.05, 3.63) is 46.6 Å². The van der Waals surface area contributed by atoms with Crippen LogP contribution in [0.3, 0.4) is 0 Å². The predicted octanol–water partition coefficient (Wildman–Crippen LogP) is 3.15. The number of hydrogen-bond acceptors (Lipinski definition) is 5. The summed E-state index contributed by atoms with van der Waals surface area (Å²) in [4.78, 5) is 23.8. The van der Waals surface area contributed by atoms with Crippen LogP contribution in [0.1, 0.15) is 40.3 Å². The van der Waals surface area contributed by atoms with Gasteiger partial charge in [0.15, 0.2) is 5.13 Å². The Bertz CT molecular complexity index is 972. The van der Waals surface area contributed by atoms with Gasteiger partial charge in [-0.1, -0.05) is 29.5 Å². The summed E-state index contributed by atoms with van der Waals surface area (Å²) in [6.45, 7) is 1.82. The Morgan fingerprint density at radius 3 is 3.00 bits per heavy atom. The molecule has 0 bridgehead atoms. The molecule has 0 unspecified atom stereocenters. The number of anilines is 1. The van der Waals surface area contributed by atoms with Gasteiger partial charge in [0.1, 0.15) is 5.69 Å². The monoisotopic (exact) mass is 382 g/mol. The number of aromatic amines is 1. The van der Waals surface area contributed by atoms with Crippen LogP contribution < -0.4 is 5.32 Å². The van der Waals surface area contributed by atoms with Gasteiger partial charge in [0.05, 0.1) is 17.8 Å². The first-order chi connectivity index (χ1) is 13.1. The molecule has 0 saturated heterocycles. The van der Waals surface area contributed by atoms with Crippen molar-refractivity contribution in [3.8, 4) is 0 Å². The van der Waals surface area contributed by atoms with E-state index in [-0.39, 0.29) is 5.91 Å². The van der Waals surface area contributed by atoms with Crippen LogP contribution in [0.25, 0.3) is 10.9 Å². The number of thiazole rings is 1. The number of rotatable bonds is 4. The molecule has 1 aromatic carbocycles. The molecule has 2 aromatic heterocycles. The highest BCUT2D eigenvalue weighted by atomic mass is 32.1. The molecule has 0 atom stereocenters. The van der Waals surface area contributed by atoms with E-state index in [1.165, 1.54) is 0 Å². The van der Waals surface area contributed by atoms with Gasteiger partial charge in [0.25, 0.3) is 5.91 Å².